The van der Waals surface area contributed by atoms with Crippen molar-refractivity contribution in [1.29, 1.82) is 0 Å². The molecule has 5 rings (SSSR count). The van der Waals surface area contributed by atoms with Crippen LogP contribution in [-0.2, 0) is 13.5 Å². The van der Waals surface area contributed by atoms with Crippen LogP contribution in [0, 0.1) is 6.92 Å². The highest BCUT2D eigenvalue weighted by atomic mass is 32.1. The molecule has 0 aliphatic carbocycles. The summed E-state index contributed by atoms with van der Waals surface area (Å²) in [5.74, 6) is -0.224. The first-order chi connectivity index (χ1) is 14.0. The molecular formula is C21H18N4O3S. The van der Waals surface area contributed by atoms with Gasteiger partial charge < -0.3 is 14.6 Å². The number of furan rings is 1. The number of benzene rings is 1. The Kier molecular flexibility index (Phi) is 4.02. The van der Waals surface area contributed by atoms with Gasteiger partial charge in [0.1, 0.15) is 11.1 Å². The molecule has 1 aliphatic rings. The highest BCUT2D eigenvalue weighted by Crippen LogP contribution is 2.33. The maximum atomic E-state index is 12.7. The summed E-state index contributed by atoms with van der Waals surface area (Å²) in [4.78, 5) is 28.7. The Morgan fingerprint density at radius 2 is 2.10 bits per heavy atom. The summed E-state index contributed by atoms with van der Waals surface area (Å²) in [6.07, 6.45) is 3.70. The van der Waals surface area contributed by atoms with Crippen LogP contribution in [0.25, 0.3) is 10.2 Å². The third kappa shape index (κ3) is 2.92. The van der Waals surface area contributed by atoms with Gasteiger partial charge in [0.05, 0.1) is 22.4 Å². The molecule has 0 bridgehead atoms. The first-order valence-corrected chi connectivity index (χ1v) is 10.0. The molecule has 4 heterocycles. The van der Waals surface area contributed by atoms with Crippen LogP contribution in [0.15, 0.2) is 47.3 Å². The summed E-state index contributed by atoms with van der Waals surface area (Å²) >= 11 is 1.43. The average molecular weight is 406 g/mol. The van der Waals surface area contributed by atoms with Gasteiger partial charge in [-0.2, -0.15) is 5.10 Å². The van der Waals surface area contributed by atoms with E-state index in [1.54, 1.807) is 15.6 Å². The van der Waals surface area contributed by atoms with E-state index in [1.165, 1.54) is 23.9 Å². The van der Waals surface area contributed by atoms with Gasteiger partial charge in [-0.15, -0.1) is 11.3 Å². The van der Waals surface area contributed by atoms with Gasteiger partial charge in [-0.25, -0.2) is 0 Å². The van der Waals surface area contributed by atoms with Crippen molar-refractivity contribution in [3.8, 4) is 0 Å². The zero-order valence-corrected chi connectivity index (χ0v) is 16.7. The van der Waals surface area contributed by atoms with Gasteiger partial charge in [-0.05, 0) is 49.2 Å². The largest absolute Gasteiger partial charge is 0.472 e. The molecule has 0 saturated carbocycles. The number of hydrogen-bond acceptors (Lipinski definition) is 5. The number of nitrogens with zero attached hydrogens (tertiary/aromatic N) is 3. The third-order valence-electron chi connectivity index (χ3n) is 5.17. The highest BCUT2D eigenvalue weighted by Gasteiger charge is 2.26. The fraction of sp³-hybridized carbons (Fsp3) is 0.190. The van der Waals surface area contributed by atoms with Crippen LogP contribution < -0.4 is 10.2 Å². The fourth-order valence-corrected chi connectivity index (χ4v) is 4.76. The summed E-state index contributed by atoms with van der Waals surface area (Å²) in [6, 6.07) is 9.20. The van der Waals surface area contributed by atoms with Crippen molar-refractivity contribution in [2.45, 2.75) is 13.3 Å². The lowest BCUT2D eigenvalue weighted by Crippen LogP contribution is -2.28. The van der Waals surface area contributed by atoms with Gasteiger partial charge in [-0.1, -0.05) is 0 Å². The molecule has 0 fully saturated rings. The Labute approximate surface area is 170 Å². The van der Waals surface area contributed by atoms with E-state index in [1.807, 2.05) is 38.2 Å². The molecule has 7 nitrogen and oxygen atoms in total. The lowest BCUT2D eigenvalue weighted by atomic mass is 10.1. The average Bonchev–Trinajstić information content (AvgIpc) is 3.48. The number of aromatic nitrogens is 2. The van der Waals surface area contributed by atoms with Gasteiger partial charge in [0.2, 0.25) is 0 Å². The van der Waals surface area contributed by atoms with Crippen LogP contribution in [0.3, 0.4) is 0 Å². The summed E-state index contributed by atoms with van der Waals surface area (Å²) in [6.45, 7) is 2.55. The smallest absolute Gasteiger partial charge is 0.265 e. The maximum Gasteiger partial charge on any atom is 0.265 e. The summed E-state index contributed by atoms with van der Waals surface area (Å²) in [7, 11) is 1.88. The van der Waals surface area contributed by atoms with E-state index in [0.29, 0.717) is 17.0 Å². The third-order valence-corrected chi connectivity index (χ3v) is 6.37. The highest BCUT2D eigenvalue weighted by molar-refractivity contribution is 7.20. The van der Waals surface area contributed by atoms with E-state index < -0.39 is 0 Å². The molecule has 2 amide bonds. The van der Waals surface area contributed by atoms with Crippen LogP contribution in [-0.4, -0.2) is 28.1 Å². The Balaban J connectivity index is 1.37. The first kappa shape index (κ1) is 17.7. The lowest BCUT2D eigenvalue weighted by molar-refractivity contribution is 0.0987. The second-order valence-corrected chi connectivity index (χ2v) is 8.09. The minimum absolute atomic E-state index is 0.0801. The number of rotatable bonds is 3. The normalized spacial score (nSPS) is 13.1. The van der Waals surface area contributed by atoms with Gasteiger partial charge in [0.15, 0.2) is 0 Å². The van der Waals surface area contributed by atoms with E-state index in [-0.39, 0.29) is 11.8 Å². The maximum absolute atomic E-state index is 12.7. The second-order valence-electron chi connectivity index (χ2n) is 7.05. The molecule has 0 saturated heterocycles. The van der Waals surface area contributed by atoms with Crippen LogP contribution >= 0.6 is 11.3 Å². The van der Waals surface area contributed by atoms with E-state index in [9.17, 15) is 9.59 Å². The van der Waals surface area contributed by atoms with Crippen molar-refractivity contribution in [3.63, 3.8) is 0 Å². The van der Waals surface area contributed by atoms with Gasteiger partial charge in [0, 0.05) is 30.4 Å². The van der Waals surface area contributed by atoms with Gasteiger partial charge >= 0.3 is 0 Å². The Hall–Kier alpha value is -3.39. The number of aryl methyl sites for hydroxylation is 2. The van der Waals surface area contributed by atoms with Crippen LogP contribution in [0.1, 0.15) is 31.3 Å². The lowest BCUT2D eigenvalue weighted by Gasteiger charge is -2.16. The van der Waals surface area contributed by atoms with E-state index in [2.05, 4.69) is 10.4 Å². The number of thiophene rings is 1. The van der Waals surface area contributed by atoms with Gasteiger partial charge in [0.25, 0.3) is 11.8 Å². The SMILES string of the molecule is Cc1nn(C)c2sc(C(=O)Nc3ccc4c(c3)CCN4C(=O)c3ccoc3)cc12. The van der Waals surface area contributed by atoms with Crippen molar-refractivity contribution < 1.29 is 14.0 Å². The van der Waals surface area contributed by atoms with Crippen molar-refractivity contribution in [2.75, 3.05) is 16.8 Å². The Bertz CT molecular complexity index is 1220. The molecular weight excluding hydrogens is 388 g/mol. The number of nitrogens with one attached hydrogen (secondary N) is 1. The molecule has 0 unspecified atom stereocenters. The molecule has 1 aromatic carbocycles. The topological polar surface area (TPSA) is 80.4 Å². The summed E-state index contributed by atoms with van der Waals surface area (Å²) < 4.78 is 6.82. The number of fused-ring (bicyclic) bond motifs is 2. The molecule has 0 radical (unpaired) electrons. The first-order valence-electron chi connectivity index (χ1n) is 9.23. The van der Waals surface area contributed by atoms with Crippen LogP contribution in [0.5, 0.6) is 0 Å². The van der Waals surface area contributed by atoms with E-state index in [0.717, 1.165) is 39.3 Å². The fourth-order valence-electron chi connectivity index (χ4n) is 3.74. The predicted molar refractivity (Wildman–Crippen MR) is 112 cm³/mol. The number of carbonyl (C=O) groups excluding carboxylic acids is 2. The van der Waals surface area contributed by atoms with Crippen molar-refractivity contribution in [1.82, 2.24) is 9.78 Å². The minimum Gasteiger partial charge on any atom is -0.472 e. The minimum atomic E-state index is -0.144. The molecule has 29 heavy (non-hydrogen) atoms. The molecule has 0 atom stereocenters. The number of hydrogen-bond donors (Lipinski definition) is 1. The molecule has 0 spiro atoms. The molecule has 146 valence electrons. The molecule has 3 aromatic heterocycles. The van der Waals surface area contributed by atoms with Crippen LogP contribution in [0.4, 0.5) is 11.4 Å². The number of carbonyl (C=O) groups is 2. The Morgan fingerprint density at radius 1 is 1.24 bits per heavy atom. The van der Waals surface area contributed by atoms with Crippen molar-refractivity contribution in [2.24, 2.45) is 7.05 Å². The van der Waals surface area contributed by atoms with Gasteiger partial charge in [-0.3, -0.25) is 14.3 Å². The number of anilines is 2. The van der Waals surface area contributed by atoms with Crippen LogP contribution in [0.2, 0.25) is 0 Å². The predicted octanol–water partition coefficient (Wildman–Crippen LogP) is 3.99. The summed E-state index contributed by atoms with van der Waals surface area (Å²) in [5.41, 5.74) is 4.08. The zero-order chi connectivity index (χ0) is 20.1. The van der Waals surface area contributed by atoms with Crippen molar-refractivity contribution >= 4 is 44.7 Å². The van der Waals surface area contributed by atoms with E-state index in [4.69, 9.17) is 4.42 Å². The van der Waals surface area contributed by atoms with Crippen molar-refractivity contribution in [3.05, 3.63) is 64.6 Å². The molecule has 4 aromatic rings. The Morgan fingerprint density at radius 3 is 2.86 bits per heavy atom. The quantitative estimate of drug-likeness (QED) is 0.558. The molecule has 1 N–H and O–H groups in total. The molecule has 1 aliphatic heterocycles. The standard InChI is InChI=1S/C21H18N4O3S/c1-12-16-10-18(29-21(16)24(2)23-12)19(26)22-15-3-4-17-13(9-15)5-7-25(17)20(27)14-6-8-28-11-14/h3-4,6,8-11H,5,7H2,1-2H3,(H,22,26). The zero-order valence-electron chi connectivity index (χ0n) is 15.9. The van der Waals surface area contributed by atoms with E-state index >= 15 is 0 Å². The second kappa shape index (κ2) is 6.59. The number of amides is 2. The summed E-state index contributed by atoms with van der Waals surface area (Å²) in [5, 5.41) is 8.35. The monoisotopic (exact) mass is 406 g/mol. The molecule has 8 heteroatoms.